The van der Waals surface area contributed by atoms with Gasteiger partial charge in [-0.3, -0.25) is 0 Å². The van der Waals surface area contributed by atoms with Crippen molar-refractivity contribution in [1.82, 2.24) is 5.32 Å². The second-order valence-electron chi connectivity index (χ2n) is 6.26. The van der Waals surface area contributed by atoms with E-state index in [0.717, 1.165) is 25.8 Å². The van der Waals surface area contributed by atoms with Gasteiger partial charge in [0.25, 0.3) is 0 Å². The summed E-state index contributed by atoms with van der Waals surface area (Å²) in [6.45, 7) is 8.01. The van der Waals surface area contributed by atoms with Gasteiger partial charge >= 0.3 is 0 Å². The number of halogens is 1. The van der Waals surface area contributed by atoms with Crippen molar-refractivity contribution >= 4 is 27.9 Å². The molecule has 0 bridgehead atoms. The van der Waals surface area contributed by atoms with Crippen molar-refractivity contribution in [2.45, 2.75) is 38.2 Å². The first-order valence-corrected chi connectivity index (χ1v) is 8.02. The lowest BCUT2D eigenvalue weighted by atomic mass is 9.86. The fourth-order valence-electron chi connectivity index (χ4n) is 2.64. The van der Waals surface area contributed by atoms with Crippen molar-refractivity contribution in [2.75, 3.05) is 18.0 Å². The Balaban J connectivity index is 2.23. The Labute approximate surface area is 129 Å². The molecule has 2 atom stereocenters. The van der Waals surface area contributed by atoms with E-state index in [1.54, 1.807) is 0 Å². The standard InChI is InChI=1S/C16H23BrN2O/c1-12-4-6-13(7-5-12)19-9-8-18-15(17)14(19)10-16(2,3)11-20/h4-7,11,14-15,18H,8-10H2,1-3H3. The van der Waals surface area contributed by atoms with E-state index in [1.165, 1.54) is 11.3 Å². The monoisotopic (exact) mass is 338 g/mol. The van der Waals surface area contributed by atoms with Gasteiger partial charge in [0.2, 0.25) is 0 Å². The molecule has 0 spiro atoms. The number of piperazine rings is 1. The van der Waals surface area contributed by atoms with Gasteiger partial charge in [-0.25, -0.2) is 0 Å². The lowest BCUT2D eigenvalue weighted by Crippen LogP contribution is -2.57. The maximum atomic E-state index is 11.2. The minimum absolute atomic E-state index is 0.205. The molecule has 1 aromatic carbocycles. The second kappa shape index (κ2) is 6.27. The molecule has 0 aromatic heterocycles. The van der Waals surface area contributed by atoms with E-state index < -0.39 is 0 Å². The molecule has 0 radical (unpaired) electrons. The molecule has 1 saturated heterocycles. The summed E-state index contributed by atoms with van der Waals surface area (Å²) in [6.07, 6.45) is 1.89. The van der Waals surface area contributed by atoms with Gasteiger partial charge in [0.1, 0.15) is 6.29 Å². The highest BCUT2D eigenvalue weighted by molar-refractivity contribution is 9.09. The number of alkyl halides is 1. The van der Waals surface area contributed by atoms with Crippen LogP contribution in [-0.2, 0) is 4.79 Å². The first kappa shape index (κ1) is 15.5. The van der Waals surface area contributed by atoms with Crippen LogP contribution in [-0.4, -0.2) is 30.4 Å². The van der Waals surface area contributed by atoms with E-state index >= 15 is 0 Å². The Morgan fingerprint density at radius 2 is 2.05 bits per heavy atom. The number of carbonyl (C=O) groups excluding carboxylic acids is 1. The van der Waals surface area contributed by atoms with Crippen LogP contribution < -0.4 is 10.2 Å². The van der Waals surface area contributed by atoms with Gasteiger partial charge in [-0.15, -0.1) is 0 Å². The van der Waals surface area contributed by atoms with Crippen LogP contribution in [0, 0.1) is 12.3 Å². The molecule has 3 nitrogen and oxygen atoms in total. The molecule has 1 aromatic rings. The zero-order valence-corrected chi connectivity index (χ0v) is 14.0. The molecule has 0 amide bonds. The molecular weight excluding hydrogens is 316 g/mol. The Bertz CT molecular complexity index is 458. The Morgan fingerprint density at radius 1 is 1.40 bits per heavy atom. The zero-order chi connectivity index (χ0) is 14.8. The molecule has 0 aliphatic carbocycles. The number of benzene rings is 1. The molecule has 1 fully saturated rings. The fourth-order valence-corrected chi connectivity index (χ4v) is 3.34. The van der Waals surface area contributed by atoms with Crippen molar-refractivity contribution in [3.8, 4) is 0 Å². The fraction of sp³-hybridized carbons (Fsp3) is 0.562. The van der Waals surface area contributed by atoms with E-state index in [2.05, 4.69) is 57.3 Å². The van der Waals surface area contributed by atoms with E-state index in [1.807, 2.05) is 13.8 Å². The SMILES string of the molecule is Cc1ccc(N2CCNC(Br)C2CC(C)(C)C=O)cc1. The highest BCUT2D eigenvalue weighted by Crippen LogP contribution is 2.31. The zero-order valence-electron chi connectivity index (χ0n) is 12.4. The van der Waals surface area contributed by atoms with E-state index in [0.29, 0.717) is 0 Å². The van der Waals surface area contributed by atoms with Gasteiger partial charge in [-0.05, 0) is 25.5 Å². The van der Waals surface area contributed by atoms with Crippen LogP contribution in [0.5, 0.6) is 0 Å². The Kier molecular flexibility index (Phi) is 4.86. The summed E-state index contributed by atoms with van der Waals surface area (Å²) in [4.78, 5) is 13.8. The number of hydrogen-bond acceptors (Lipinski definition) is 3. The van der Waals surface area contributed by atoms with Crippen LogP contribution in [0.15, 0.2) is 24.3 Å². The van der Waals surface area contributed by atoms with Crippen LogP contribution in [0.4, 0.5) is 5.69 Å². The van der Waals surface area contributed by atoms with Crippen LogP contribution in [0.1, 0.15) is 25.8 Å². The number of anilines is 1. The van der Waals surface area contributed by atoms with E-state index in [9.17, 15) is 4.79 Å². The number of rotatable bonds is 4. The van der Waals surface area contributed by atoms with Gasteiger partial charge in [-0.2, -0.15) is 0 Å². The summed E-state index contributed by atoms with van der Waals surface area (Å²) in [6, 6.07) is 8.89. The summed E-state index contributed by atoms with van der Waals surface area (Å²) < 4.78 is 0. The van der Waals surface area contributed by atoms with Crippen molar-refractivity contribution in [3.05, 3.63) is 29.8 Å². The normalized spacial score (nSPS) is 23.7. The van der Waals surface area contributed by atoms with Gasteiger partial charge in [0.15, 0.2) is 0 Å². The molecule has 1 N–H and O–H groups in total. The molecule has 2 rings (SSSR count). The summed E-state index contributed by atoms with van der Waals surface area (Å²) in [5, 5.41) is 3.45. The summed E-state index contributed by atoms with van der Waals surface area (Å²) in [5.41, 5.74) is 2.19. The van der Waals surface area contributed by atoms with Crippen LogP contribution >= 0.6 is 15.9 Å². The van der Waals surface area contributed by atoms with Crippen molar-refractivity contribution < 1.29 is 4.79 Å². The van der Waals surface area contributed by atoms with E-state index in [-0.39, 0.29) is 16.4 Å². The van der Waals surface area contributed by atoms with Crippen LogP contribution in [0.3, 0.4) is 0 Å². The average molecular weight is 339 g/mol. The van der Waals surface area contributed by atoms with Gasteiger partial charge < -0.3 is 15.0 Å². The molecule has 1 aliphatic heterocycles. The maximum absolute atomic E-state index is 11.2. The third-order valence-corrected chi connectivity index (χ3v) is 4.78. The molecule has 110 valence electrons. The topological polar surface area (TPSA) is 32.3 Å². The number of nitrogens with zero attached hydrogens (tertiary/aromatic N) is 1. The summed E-state index contributed by atoms with van der Waals surface area (Å²) >= 11 is 3.72. The molecule has 4 heteroatoms. The van der Waals surface area contributed by atoms with Crippen molar-refractivity contribution in [3.63, 3.8) is 0 Å². The van der Waals surface area contributed by atoms with Crippen molar-refractivity contribution in [1.29, 1.82) is 0 Å². The number of carbonyl (C=O) groups is 1. The summed E-state index contributed by atoms with van der Waals surface area (Å²) in [5.74, 6) is 0. The first-order valence-electron chi connectivity index (χ1n) is 7.10. The number of nitrogens with one attached hydrogen (secondary N) is 1. The van der Waals surface area contributed by atoms with Crippen molar-refractivity contribution in [2.24, 2.45) is 5.41 Å². The lowest BCUT2D eigenvalue weighted by Gasteiger charge is -2.43. The first-order chi connectivity index (χ1) is 9.43. The van der Waals surface area contributed by atoms with E-state index in [4.69, 9.17) is 0 Å². The van der Waals surface area contributed by atoms with Gasteiger partial charge in [0.05, 0.1) is 11.0 Å². The minimum atomic E-state index is -0.307. The molecule has 2 unspecified atom stereocenters. The predicted octanol–water partition coefficient (Wildman–Crippen LogP) is 3.11. The predicted molar refractivity (Wildman–Crippen MR) is 87.5 cm³/mol. The van der Waals surface area contributed by atoms with Crippen LogP contribution in [0.2, 0.25) is 0 Å². The van der Waals surface area contributed by atoms with Gasteiger partial charge in [0, 0.05) is 24.2 Å². The number of hydrogen-bond donors (Lipinski definition) is 1. The molecule has 0 saturated carbocycles. The van der Waals surface area contributed by atoms with Crippen LogP contribution in [0.25, 0.3) is 0 Å². The highest BCUT2D eigenvalue weighted by Gasteiger charge is 2.34. The lowest BCUT2D eigenvalue weighted by molar-refractivity contribution is -0.115. The molecule has 20 heavy (non-hydrogen) atoms. The average Bonchev–Trinajstić information content (AvgIpc) is 2.42. The molecular formula is C16H23BrN2O. The third kappa shape index (κ3) is 3.61. The highest BCUT2D eigenvalue weighted by atomic mass is 79.9. The quantitative estimate of drug-likeness (QED) is 0.520. The molecule has 1 heterocycles. The smallest absolute Gasteiger partial charge is 0.125 e. The number of aldehydes is 1. The Hall–Kier alpha value is -0.870. The summed E-state index contributed by atoms with van der Waals surface area (Å²) in [7, 11) is 0. The Morgan fingerprint density at radius 3 is 2.65 bits per heavy atom. The largest absolute Gasteiger partial charge is 0.365 e. The third-order valence-electron chi connectivity index (χ3n) is 3.85. The minimum Gasteiger partial charge on any atom is -0.365 e. The molecule has 1 aliphatic rings. The van der Waals surface area contributed by atoms with Gasteiger partial charge in [-0.1, -0.05) is 47.5 Å². The number of aryl methyl sites for hydroxylation is 1. The second-order valence-corrected chi connectivity index (χ2v) is 7.25. The maximum Gasteiger partial charge on any atom is 0.125 e.